The van der Waals surface area contributed by atoms with Crippen LogP contribution in [0.25, 0.3) is 0 Å². The van der Waals surface area contributed by atoms with E-state index >= 15 is 0 Å². The molecule has 0 radical (unpaired) electrons. The highest BCUT2D eigenvalue weighted by Crippen LogP contribution is 2.07. The summed E-state index contributed by atoms with van der Waals surface area (Å²) in [7, 11) is 3.96. The molecule has 0 heterocycles. The quantitative estimate of drug-likeness (QED) is 0.250. The van der Waals surface area contributed by atoms with E-state index in [4.69, 9.17) is 4.74 Å². The number of ether oxygens (including phenoxy) is 1. The summed E-state index contributed by atoms with van der Waals surface area (Å²) in [6, 6.07) is 10.5. The van der Waals surface area contributed by atoms with E-state index in [0.717, 1.165) is 37.8 Å². The minimum atomic E-state index is 0. The molecule has 0 aromatic heterocycles. The van der Waals surface area contributed by atoms with Crippen molar-refractivity contribution in [3.05, 3.63) is 30.3 Å². The molecule has 1 rings (SSSR count). The Kier molecular flexibility index (Phi) is 13.7. The summed E-state index contributed by atoms with van der Waals surface area (Å²) in [6.07, 6.45) is 2.10. The monoisotopic (exact) mass is 448 g/mol. The van der Waals surface area contributed by atoms with Crippen LogP contribution < -0.4 is 15.4 Å². The van der Waals surface area contributed by atoms with Gasteiger partial charge in [-0.15, -0.1) is 24.0 Å². The number of aliphatic imine (C=N–C) groups is 1. The normalized spacial score (nSPS) is 12.5. The molecule has 6 heteroatoms. The smallest absolute Gasteiger partial charge is 0.191 e. The Hall–Kier alpha value is -1.02. The van der Waals surface area contributed by atoms with Crippen LogP contribution in [0, 0.1) is 0 Å². The number of nitrogens with one attached hydrogen (secondary N) is 2. The molecule has 1 aromatic carbocycles. The van der Waals surface area contributed by atoms with Gasteiger partial charge in [-0.2, -0.15) is 0 Å². The lowest BCUT2D eigenvalue weighted by atomic mass is 10.2. The molecule has 1 atom stereocenters. The standard InChI is InChI=1S/C18H32N4O.HI/c1-5-16(2)22(4)14-13-21-18(19-3)20-12-9-15-23-17-10-7-6-8-11-17;/h6-8,10-11,16H,5,9,12-15H2,1-4H3,(H2,19,20,21);1H. The van der Waals surface area contributed by atoms with Crippen molar-refractivity contribution < 1.29 is 4.74 Å². The Morgan fingerprint density at radius 1 is 1.21 bits per heavy atom. The van der Waals surface area contributed by atoms with Crippen molar-refractivity contribution in [1.29, 1.82) is 0 Å². The Morgan fingerprint density at radius 3 is 2.50 bits per heavy atom. The van der Waals surface area contributed by atoms with Crippen LogP contribution in [0.1, 0.15) is 26.7 Å². The predicted octanol–water partition coefficient (Wildman–Crippen LogP) is 2.97. The largest absolute Gasteiger partial charge is 0.494 e. The molecule has 0 fully saturated rings. The average molecular weight is 448 g/mol. The Labute approximate surface area is 164 Å². The van der Waals surface area contributed by atoms with Crippen LogP contribution in [-0.4, -0.2) is 57.2 Å². The first-order valence-corrected chi connectivity index (χ1v) is 8.50. The highest BCUT2D eigenvalue weighted by atomic mass is 127. The van der Waals surface area contributed by atoms with Gasteiger partial charge in [0.15, 0.2) is 5.96 Å². The fourth-order valence-electron chi connectivity index (χ4n) is 2.09. The molecule has 0 aliphatic carbocycles. The van der Waals surface area contributed by atoms with Gasteiger partial charge in [-0.3, -0.25) is 4.99 Å². The lowest BCUT2D eigenvalue weighted by Crippen LogP contribution is -2.42. The van der Waals surface area contributed by atoms with Gasteiger partial charge in [0.1, 0.15) is 5.75 Å². The number of likely N-dealkylation sites (N-methyl/N-ethyl adjacent to an activating group) is 1. The average Bonchev–Trinajstić information content (AvgIpc) is 2.59. The van der Waals surface area contributed by atoms with Gasteiger partial charge in [-0.05, 0) is 38.9 Å². The molecule has 0 aliphatic rings. The highest BCUT2D eigenvalue weighted by molar-refractivity contribution is 14.0. The van der Waals surface area contributed by atoms with E-state index in [0.29, 0.717) is 12.6 Å². The van der Waals surface area contributed by atoms with Gasteiger partial charge in [0.05, 0.1) is 6.61 Å². The zero-order chi connectivity index (χ0) is 16.9. The summed E-state index contributed by atoms with van der Waals surface area (Å²) in [6.45, 7) is 7.90. The summed E-state index contributed by atoms with van der Waals surface area (Å²) in [5.41, 5.74) is 0. The van der Waals surface area contributed by atoms with Crippen LogP contribution in [0.3, 0.4) is 0 Å². The van der Waals surface area contributed by atoms with Gasteiger partial charge in [0.25, 0.3) is 0 Å². The zero-order valence-electron chi connectivity index (χ0n) is 15.4. The summed E-state index contributed by atoms with van der Waals surface area (Å²) >= 11 is 0. The van der Waals surface area contributed by atoms with Gasteiger partial charge >= 0.3 is 0 Å². The minimum Gasteiger partial charge on any atom is -0.494 e. The Bertz CT molecular complexity index is 442. The molecule has 1 unspecified atom stereocenters. The molecule has 1 aromatic rings. The molecule has 0 aliphatic heterocycles. The first kappa shape index (κ1) is 23.0. The maximum Gasteiger partial charge on any atom is 0.191 e. The van der Waals surface area contributed by atoms with E-state index in [9.17, 15) is 0 Å². The lowest BCUT2D eigenvalue weighted by Gasteiger charge is -2.24. The first-order chi connectivity index (χ1) is 11.2. The second-order valence-electron chi connectivity index (χ2n) is 5.68. The number of nitrogens with zero attached hydrogens (tertiary/aromatic N) is 2. The maximum atomic E-state index is 5.67. The second kappa shape index (κ2) is 14.3. The number of rotatable bonds is 10. The molecule has 138 valence electrons. The van der Waals surface area contributed by atoms with Gasteiger partial charge in [-0.25, -0.2) is 0 Å². The van der Waals surface area contributed by atoms with Crippen molar-refractivity contribution in [3.8, 4) is 5.75 Å². The van der Waals surface area contributed by atoms with E-state index < -0.39 is 0 Å². The van der Waals surface area contributed by atoms with E-state index in [-0.39, 0.29) is 24.0 Å². The molecule has 0 saturated carbocycles. The van der Waals surface area contributed by atoms with Gasteiger partial charge < -0.3 is 20.3 Å². The number of hydrogen-bond donors (Lipinski definition) is 2. The Morgan fingerprint density at radius 2 is 1.88 bits per heavy atom. The number of guanidine groups is 1. The number of hydrogen-bond acceptors (Lipinski definition) is 3. The molecule has 24 heavy (non-hydrogen) atoms. The van der Waals surface area contributed by atoms with Crippen LogP contribution in [0.5, 0.6) is 5.75 Å². The summed E-state index contributed by atoms with van der Waals surface area (Å²) < 4.78 is 5.67. The SMILES string of the molecule is CCC(C)N(C)CCNC(=NC)NCCCOc1ccccc1.I. The van der Waals surface area contributed by atoms with Crippen molar-refractivity contribution in [1.82, 2.24) is 15.5 Å². The molecule has 5 nitrogen and oxygen atoms in total. The fourth-order valence-corrected chi connectivity index (χ4v) is 2.09. The van der Waals surface area contributed by atoms with E-state index in [1.54, 1.807) is 7.05 Å². The van der Waals surface area contributed by atoms with Gasteiger partial charge in [0, 0.05) is 32.7 Å². The van der Waals surface area contributed by atoms with Crippen LogP contribution in [0.15, 0.2) is 35.3 Å². The molecule has 0 amide bonds. The lowest BCUT2D eigenvalue weighted by molar-refractivity contribution is 0.255. The highest BCUT2D eigenvalue weighted by Gasteiger charge is 2.06. The summed E-state index contributed by atoms with van der Waals surface area (Å²) in [5.74, 6) is 1.77. The molecule has 0 spiro atoms. The summed E-state index contributed by atoms with van der Waals surface area (Å²) in [4.78, 5) is 6.60. The molecule has 2 N–H and O–H groups in total. The minimum absolute atomic E-state index is 0. The molecule has 0 bridgehead atoms. The van der Waals surface area contributed by atoms with Crippen molar-refractivity contribution >= 4 is 29.9 Å². The van der Waals surface area contributed by atoms with E-state index in [2.05, 4.69) is 41.4 Å². The summed E-state index contributed by atoms with van der Waals surface area (Å²) in [5, 5.41) is 6.66. The second-order valence-corrected chi connectivity index (χ2v) is 5.68. The number of benzene rings is 1. The molecular formula is C18H33IN4O. The van der Waals surface area contributed by atoms with Crippen LogP contribution >= 0.6 is 24.0 Å². The Balaban J connectivity index is 0.00000529. The van der Waals surface area contributed by atoms with Crippen molar-refractivity contribution in [2.45, 2.75) is 32.7 Å². The van der Waals surface area contributed by atoms with Crippen LogP contribution in [0.4, 0.5) is 0 Å². The van der Waals surface area contributed by atoms with Crippen LogP contribution in [-0.2, 0) is 0 Å². The van der Waals surface area contributed by atoms with Crippen molar-refractivity contribution in [2.24, 2.45) is 4.99 Å². The predicted molar refractivity (Wildman–Crippen MR) is 114 cm³/mol. The van der Waals surface area contributed by atoms with E-state index in [1.807, 2.05) is 30.3 Å². The van der Waals surface area contributed by atoms with Crippen LogP contribution in [0.2, 0.25) is 0 Å². The van der Waals surface area contributed by atoms with Gasteiger partial charge in [0.2, 0.25) is 0 Å². The third-order valence-corrected chi connectivity index (χ3v) is 3.95. The number of para-hydroxylation sites is 1. The third kappa shape index (κ3) is 9.97. The van der Waals surface area contributed by atoms with Crippen molar-refractivity contribution in [2.75, 3.05) is 40.3 Å². The fraction of sp³-hybridized carbons (Fsp3) is 0.611. The molecule has 0 saturated heterocycles. The number of halogens is 1. The van der Waals surface area contributed by atoms with Crippen molar-refractivity contribution in [3.63, 3.8) is 0 Å². The molecular weight excluding hydrogens is 415 g/mol. The van der Waals surface area contributed by atoms with Gasteiger partial charge in [-0.1, -0.05) is 25.1 Å². The van der Waals surface area contributed by atoms with E-state index in [1.165, 1.54) is 6.42 Å². The topological polar surface area (TPSA) is 48.9 Å². The third-order valence-electron chi connectivity index (χ3n) is 3.95. The first-order valence-electron chi connectivity index (χ1n) is 8.50. The maximum absolute atomic E-state index is 5.67. The zero-order valence-corrected chi connectivity index (χ0v) is 17.7.